The van der Waals surface area contributed by atoms with E-state index in [1.165, 1.54) is 18.3 Å². The van der Waals surface area contributed by atoms with Crippen LogP contribution in [0.5, 0.6) is 0 Å². The molecule has 3 atom stereocenters. The van der Waals surface area contributed by atoms with E-state index < -0.39 is 47.4 Å². The standard InChI is InChI=1S/C50H75N5O8S/c1-12-62-48(59)50(49(60)63-13-2,30-27-38(8)23-18-22-37(7)21-17-20-35(3)4)29-19-26-43-51-33-40(55(43)9)34-52-44(36(5)6)46(57)54-42(32-39-24-15-14-16-25-39)45(56)53-41(28-31-64-11)47(58)61-10/h14-16,19-20,22,24-27,33,36,41-42,44,52H,12-13,17-18,21,23,28-32,34H2,1-11H3,(H,53,56)(H,54,57)/b26-19+,37-22+,38-27+/t41-,42-,44-/m0/s1. The van der Waals surface area contributed by atoms with Gasteiger partial charge in [-0.15, -0.1) is 0 Å². The number of carbonyl (C=O) groups is 5. The Morgan fingerprint density at radius 1 is 0.844 bits per heavy atom. The summed E-state index contributed by atoms with van der Waals surface area (Å²) >= 11 is 1.55. The van der Waals surface area contributed by atoms with Gasteiger partial charge >= 0.3 is 17.9 Å². The van der Waals surface area contributed by atoms with Gasteiger partial charge in [0.25, 0.3) is 0 Å². The second-order valence-corrected chi connectivity index (χ2v) is 17.7. The first-order chi connectivity index (χ1) is 30.5. The van der Waals surface area contributed by atoms with Crippen molar-refractivity contribution in [3.05, 3.63) is 94.6 Å². The third kappa shape index (κ3) is 18.6. The summed E-state index contributed by atoms with van der Waals surface area (Å²) < 4.78 is 17.8. The predicted octanol–water partition coefficient (Wildman–Crippen LogP) is 8.00. The highest BCUT2D eigenvalue weighted by atomic mass is 32.2. The molecule has 1 aromatic carbocycles. The van der Waals surface area contributed by atoms with Gasteiger partial charge in [-0.2, -0.15) is 11.8 Å². The minimum absolute atomic E-state index is 0.0313. The Morgan fingerprint density at radius 2 is 1.45 bits per heavy atom. The van der Waals surface area contributed by atoms with Crippen LogP contribution >= 0.6 is 11.8 Å². The molecule has 0 aliphatic rings. The SMILES string of the molecule is CCOC(=O)C(C/C=C/c1ncc(CN[C@H](C(=O)N[C@@H](Cc2ccccc2)C(=O)N[C@@H](CCSC)C(=O)OC)C(C)C)n1C)(C/C=C(\C)CC/C=C(\C)CCC=C(C)C)C(=O)OCC. The quantitative estimate of drug-likeness (QED) is 0.0313. The van der Waals surface area contributed by atoms with Crippen molar-refractivity contribution in [1.29, 1.82) is 0 Å². The lowest BCUT2D eigenvalue weighted by molar-refractivity contribution is -0.171. The van der Waals surface area contributed by atoms with Crippen molar-refractivity contribution in [2.75, 3.05) is 32.3 Å². The Kier molecular flexibility index (Phi) is 25.4. The molecule has 0 saturated heterocycles. The zero-order valence-corrected chi connectivity index (χ0v) is 41.0. The second-order valence-electron chi connectivity index (χ2n) is 16.7. The lowest BCUT2D eigenvalue weighted by Crippen LogP contribution is -2.57. The van der Waals surface area contributed by atoms with E-state index in [0.717, 1.165) is 42.5 Å². The number of imidazole rings is 1. The summed E-state index contributed by atoms with van der Waals surface area (Å²) in [6.45, 7) is 16.1. The number of rotatable bonds is 29. The molecule has 2 amide bonds. The van der Waals surface area contributed by atoms with Gasteiger partial charge < -0.3 is 29.4 Å². The number of nitrogens with zero attached hydrogens (tertiary/aromatic N) is 2. The van der Waals surface area contributed by atoms with Crippen molar-refractivity contribution in [1.82, 2.24) is 25.5 Å². The molecule has 0 radical (unpaired) electrons. The van der Waals surface area contributed by atoms with Gasteiger partial charge in [-0.3, -0.25) is 24.5 Å². The van der Waals surface area contributed by atoms with E-state index in [4.69, 9.17) is 14.2 Å². The van der Waals surface area contributed by atoms with Crippen LogP contribution in [0.25, 0.3) is 6.08 Å². The van der Waals surface area contributed by atoms with Gasteiger partial charge in [-0.25, -0.2) is 9.78 Å². The summed E-state index contributed by atoms with van der Waals surface area (Å²) in [6, 6.07) is 6.87. The van der Waals surface area contributed by atoms with Crippen LogP contribution in [0.4, 0.5) is 0 Å². The largest absolute Gasteiger partial charge is 0.467 e. The van der Waals surface area contributed by atoms with Crippen LogP contribution in [0.2, 0.25) is 0 Å². The molecule has 1 aromatic heterocycles. The fraction of sp³-hybridized carbons (Fsp3) is 0.560. The van der Waals surface area contributed by atoms with Crippen LogP contribution in [0.1, 0.15) is 117 Å². The van der Waals surface area contributed by atoms with Gasteiger partial charge in [0.15, 0.2) is 5.41 Å². The van der Waals surface area contributed by atoms with Crippen LogP contribution in [-0.4, -0.2) is 89.7 Å². The molecule has 13 nitrogen and oxygen atoms in total. The van der Waals surface area contributed by atoms with E-state index in [9.17, 15) is 24.0 Å². The first kappa shape index (κ1) is 55.2. The zero-order chi connectivity index (χ0) is 47.7. The Balaban J connectivity index is 2.28. The first-order valence-electron chi connectivity index (χ1n) is 22.4. The Labute approximate surface area is 386 Å². The highest BCUT2D eigenvalue weighted by Gasteiger charge is 2.47. The van der Waals surface area contributed by atoms with Crippen LogP contribution < -0.4 is 16.0 Å². The molecule has 0 spiro atoms. The molecule has 2 aromatic rings. The Bertz CT molecular complexity index is 1900. The number of benzene rings is 1. The lowest BCUT2D eigenvalue weighted by atomic mass is 9.80. The summed E-state index contributed by atoms with van der Waals surface area (Å²) in [4.78, 5) is 72.1. The molecule has 0 unspecified atom stereocenters. The third-order valence-corrected chi connectivity index (χ3v) is 11.5. The maximum absolute atomic E-state index is 13.9. The van der Waals surface area contributed by atoms with Crippen molar-refractivity contribution < 1.29 is 38.2 Å². The topological polar surface area (TPSA) is 167 Å². The molecule has 0 aliphatic heterocycles. The van der Waals surface area contributed by atoms with E-state index in [2.05, 4.69) is 53.9 Å². The van der Waals surface area contributed by atoms with Crippen LogP contribution in [0.3, 0.4) is 0 Å². The molecule has 0 fully saturated rings. The van der Waals surface area contributed by atoms with Crippen LogP contribution in [0, 0.1) is 11.3 Å². The fourth-order valence-corrected chi connectivity index (χ4v) is 7.41. The number of amides is 2. The third-order valence-electron chi connectivity index (χ3n) is 10.9. The lowest BCUT2D eigenvalue weighted by Gasteiger charge is -2.27. The number of aromatic nitrogens is 2. The number of nitrogens with one attached hydrogen (secondary N) is 3. The van der Waals surface area contributed by atoms with E-state index in [1.807, 2.05) is 75.0 Å². The molecule has 0 aliphatic carbocycles. The molecule has 0 bridgehead atoms. The van der Waals surface area contributed by atoms with Crippen LogP contribution in [-0.2, 0) is 58.2 Å². The van der Waals surface area contributed by atoms with E-state index >= 15 is 0 Å². The van der Waals surface area contributed by atoms with Gasteiger partial charge in [-0.05, 0) is 116 Å². The molecular formula is C50H75N5O8S. The van der Waals surface area contributed by atoms with Crippen molar-refractivity contribution >= 4 is 47.6 Å². The zero-order valence-electron chi connectivity index (χ0n) is 40.2. The smallest absolute Gasteiger partial charge is 0.328 e. The second kappa shape index (κ2) is 29.5. The van der Waals surface area contributed by atoms with Gasteiger partial charge in [0.1, 0.15) is 17.9 Å². The molecule has 3 N–H and O–H groups in total. The fourth-order valence-electron chi connectivity index (χ4n) is 6.94. The molecular weight excluding hydrogens is 831 g/mol. The summed E-state index contributed by atoms with van der Waals surface area (Å²) in [5.74, 6) is -1.62. The highest BCUT2D eigenvalue weighted by Crippen LogP contribution is 2.33. The van der Waals surface area contributed by atoms with Gasteiger partial charge in [-0.1, -0.05) is 85.2 Å². The molecule has 2 rings (SSSR count). The van der Waals surface area contributed by atoms with Gasteiger partial charge in [0.2, 0.25) is 11.8 Å². The number of hydrogen-bond acceptors (Lipinski definition) is 11. The van der Waals surface area contributed by atoms with E-state index in [-0.39, 0.29) is 50.8 Å². The maximum atomic E-state index is 13.9. The first-order valence-corrected chi connectivity index (χ1v) is 23.8. The Morgan fingerprint density at radius 3 is 2.03 bits per heavy atom. The molecule has 14 heteroatoms. The monoisotopic (exact) mass is 906 g/mol. The molecule has 0 saturated carbocycles. The van der Waals surface area contributed by atoms with E-state index in [1.54, 1.807) is 44.0 Å². The number of allylic oxidation sites excluding steroid dienone is 7. The molecule has 354 valence electrons. The minimum Gasteiger partial charge on any atom is -0.467 e. The minimum atomic E-state index is -1.59. The summed E-state index contributed by atoms with van der Waals surface area (Å²) in [7, 11) is 3.13. The number of ether oxygens (including phenoxy) is 3. The predicted molar refractivity (Wildman–Crippen MR) is 257 cm³/mol. The highest BCUT2D eigenvalue weighted by molar-refractivity contribution is 7.98. The summed E-state index contributed by atoms with van der Waals surface area (Å²) in [6.07, 6.45) is 18.0. The average molecular weight is 906 g/mol. The molecule has 64 heavy (non-hydrogen) atoms. The number of carbonyl (C=O) groups excluding carboxylic acids is 5. The number of esters is 3. The summed E-state index contributed by atoms with van der Waals surface area (Å²) in [5.41, 5.74) is 3.74. The Hall–Kier alpha value is -4.95. The van der Waals surface area contributed by atoms with Crippen molar-refractivity contribution in [3.8, 4) is 0 Å². The number of hydrogen-bond donors (Lipinski definition) is 3. The number of methoxy groups -OCH3 is 1. The van der Waals surface area contributed by atoms with Crippen molar-refractivity contribution in [3.63, 3.8) is 0 Å². The van der Waals surface area contributed by atoms with Crippen molar-refractivity contribution in [2.45, 2.75) is 131 Å². The van der Waals surface area contributed by atoms with Gasteiger partial charge in [0.05, 0.1) is 38.3 Å². The number of thioether (sulfide) groups is 1. The van der Waals surface area contributed by atoms with Crippen LogP contribution in [0.15, 0.2) is 77.6 Å². The van der Waals surface area contributed by atoms with E-state index in [0.29, 0.717) is 18.0 Å². The average Bonchev–Trinajstić information content (AvgIpc) is 3.60. The maximum Gasteiger partial charge on any atom is 0.328 e. The normalized spacial score (nSPS) is 13.6. The summed E-state index contributed by atoms with van der Waals surface area (Å²) in [5, 5.41) is 9.11. The molecule has 1 heterocycles. The van der Waals surface area contributed by atoms with Gasteiger partial charge in [0, 0.05) is 20.0 Å². The van der Waals surface area contributed by atoms with Crippen molar-refractivity contribution in [2.24, 2.45) is 18.4 Å².